The van der Waals surface area contributed by atoms with Crippen molar-refractivity contribution < 1.29 is 4.79 Å². The summed E-state index contributed by atoms with van der Waals surface area (Å²) in [6, 6.07) is 0.669. The van der Waals surface area contributed by atoms with Gasteiger partial charge < -0.3 is 16.0 Å². The second kappa shape index (κ2) is 4.46. The maximum atomic E-state index is 11.3. The van der Waals surface area contributed by atoms with E-state index in [9.17, 15) is 4.79 Å². The first kappa shape index (κ1) is 10.3. The Labute approximate surface area is 79.5 Å². The molecule has 1 aliphatic carbocycles. The second-order valence-electron chi connectivity index (χ2n) is 3.96. The van der Waals surface area contributed by atoms with E-state index >= 15 is 0 Å². The molecule has 0 atom stereocenters. The molecule has 2 amide bonds. The highest BCUT2D eigenvalue weighted by Crippen LogP contribution is 2.16. The van der Waals surface area contributed by atoms with Gasteiger partial charge in [-0.2, -0.15) is 0 Å². The first-order valence-electron chi connectivity index (χ1n) is 4.83. The van der Waals surface area contributed by atoms with Crippen molar-refractivity contribution in [3.8, 4) is 0 Å². The van der Waals surface area contributed by atoms with Crippen LogP contribution in [0.3, 0.4) is 0 Å². The first-order chi connectivity index (χ1) is 6.09. The van der Waals surface area contributed by atoms with Crippen LogP contribution < -0.4 is 11.1 Å². The molecule has 4 nitrogen and oxygen atoms in total. The Morgan fingerprint density at radius 2 is 1.85 bits per heavy atom. The topological polar surface area (TPSA) is 58.4 Å². The van der Waals surface area contributed by atoms with Crippen LogP contribution in [0.1, 0.15) is 25.7 Å². The summed E-state index contributed by atoms with van der Waals surface area (Å²) in [5, 5.41) is 2.97. The number of hydrogen-bond donors (Lipinski definition) is 2. The third kappa shape index (κ3) is 3.22. The Morgan fingerprint density at radius 3 is 2.31 bits per heavy atom. The predicted octanol–water partition coefficient (Wildman–Crippen LogP) is 0.527. The fraction of sp³-hybridized carbons (Fsp3) is 0.889. The zero-order valence-corrected chi connectivity index (χ0v) is 8.42. The Hall–Kier alpha value is -0.770. The Bertz CT molecular complexity index is 174. The quantitative estimate of drug-likeness (QED) is 0.626. The van der Waals surface area contributed by atoms with Gasteiger partial charge in [0.1, 0.15) is 0 Å². The number of carbonyl (C=O) groups excluding carboxylic acids is 1. The van der Waals surface area contributed by atoms with Gasteiger partial charge in [0, 0.05) is 26.2 Å². The third-order valence-electron chi connectivity index (χ3n) is 2.51. The van der Waals surface area contributed by atoms with E-state index in [0.717, 1.165) is 25.7 Å². The van der Waals surface area contributed by atoms with E-state index in [1.54, 1.807) is 19.0 Å². The molecule has 76 valence electrons. The van der Waals surface area contributed by atoms with Gasteiger partial charge in [-0.1, -0.05) is 0 Å². The lowest BCUT2D eigenvalue weighted by Gasteiger charge is -2.27. The number of nitrogens with zero attached hydrogens (tertiary/aromatic N) is 1. The van der Waals surface area contributed by atoms with Crippen LogP contribution in [0.25, 0.3) is 0 Å². The molecule has 1 aliphatic rings. The van der Waals surface area contributed by atoms with Crippen LogP contribution in [0.5, 0.6) is 0 Å². The summed E-state index contributed by atoms with van der Waals surface area (Å²) >= 11 is 0. The standard InChI is InChI=1S/C9H19N3O/c1-12(2)9(13)11-8-5-3-7(10)4-6-8/h7-8H,3-6,10H2,1-2H3,(H,11,13). The SMILES string of the molecule is CN(C)C(=O)NC1CCC(N)CC1. The van der Waals surface area contributed by atoms with Crippen molar-refractivity contribution in [3.05, 3.63) is 0 Å². The molecular formula is C9H19N3O. The lowest BCUT2D eigenvalue weighted by molar-refractivity contribution is 0.208. The predicted molar refractivity (Wildman–Crippen MR) is 52.5 cm³/mol. The van der Waals surface area contributed by atoms with Crippen molar-refractivity contribution in [3.63, 3.8) is 0 Å². The van der Waals surface area contributed by atoms with Crippen LogP contribution in [0.4, 0.5) is 4.79 Å². The van der Waals surface area contributed by atoms with Crippen molar-refractivity contribution in [1.29, 1.82) is 0 Å². The van der Waals surface area contributed by atoms with Crippen LogP contribution in [0, 0.1) is 0 Å². The molecule has 3 N–H and O–H groups in total. The number of hydrogen-bond acceptors (Lipinski definition) is 2. The van der Waals surface area contributed by atoms with Crippen molar-refractivity contribution in [2.45, 2.75) is 37.8 Å². The molecule has 0 aliphatic heterocycles. The highest BCUT2D eigenvalue weighted by Gasteiger charge is 2.20. The number of urea groups is 1. The summed E-state index contributed by atoms with van der Waals surface area (Å²) < 4.78 is 0. The van der Waals surface area contributed by atoms with E-state index in [1.807, 2.05) is 0 Å². The van der Waals surface area contributed by atoms with Crippen LogP contribution in [0.15, 0.2) is 0 Å². The summed E-state index contributed by atoms with van der Waals surface area (Å²) in [5.74, 6) is 0. The lowest BCUT2D eigenvalue weighted by atomic mass is 9.92. The minimum Gasteiger partial charge on any atom is -0.335 e. The number of nitrogens with one attached hydrogen (secondary N) is 1. The van der Waals surface area contributed by atoms with Crippen LogP contribution in [0.2, 0.25) is 0 Å². The zero-order chi connectivity index (χ0) is 9.84. The molecule has 1 rings (SSSR count). The summed E-state index contributed by atoms with van der Waals surface area (Å²) in [5.41, 5.74) is 5.76. The smallest absolute Gasteiger partial charge is 0.317 e. The summed E-state index contributed by atoms with van der Waals surface area (Å²) in [7, 11) is 3.51. The molecule has 1 fully saturated rings. The van der Waals surface area contributed by atoms with Crippen molar-refractivity contribution in [2.75, 3.05) is 14.1 Å². The van der Waals surface area contributed by atoms with E-state index in [-0.39, 0.29) is 6.03 Å². The third-order valence-corrected chi connectivity index (χ3v) is 2.51. The van der Waals surface area contributed by atoms with E-state index in [1.165, 1.54) is 0 Å². The molecule has 0 bridgehead atoms. The largest absolute Gasteiger partial charge is 0.335 e. The molecule has 0 spiro atoms. The molecule has 0 aromatic rings. The van der Waals surface area contributed by atoms with Gasteiger partial charge in [-0.3, -0.25) is 0 Å². The maximum absolute atomic E-state index is 11.3. The van der Waals surface area contributed by atoms with Crippen molar-refractivity contribution in [2.24, 2.45) is 5.73 Å². The molecule has 0 unspecified atom stereocenters. The molecule has 0 heterocycles. The molecule has 4 heteroatoms. The van der Waals surface area contributed by atoms with E-state index in [4.69, 9.17) is 5.73 Å². The minimum atomic E-state index is 0.000437. The maximum Gasteiger partial charge on any atom is 0.317 e. The first-order valence-corrected chi connectivity index (χ1v) is 4.83. The highest BCUT2D eigenvalue weighted by atomic mass is 16.2. The van der Waals surface area contributed by atoms with E-state index < -0.39 is 0 Å². The second-order valence-corrected chi connectivity index (χ2v) is 3.96. The number of rotatable bonds is 1. The van der Waals surface area contributed by atoms with Gasteiger partial charge in [-0.25, -0.2) is 4.79 Å². The van der Waals surface area contributed by atoms with E-state index in [2.05, 4.69) is 5.32 Å². The lowest BCUT2D eigenvalue weighted by Crippen LogP contribution is -2.44. The number of carbonyl (C=O) groups is 1. The van der Waals surface area contributed by atoms with Crippen LogP contribution in [-0.2, 0) is 0 Å². The normalized spacial score (nSPS) is 28.2. The molecule has 0 aromatic carbocycles. The van der Waals surface area contributed by atoms with Gasteiger partial charge in [0.25, 0.3) is 0 Å². The Morgan fingerprint density at radius 1 is 1.31 bits per heavy atom. The summed E-state index contributed by atoms with van der Waals surface area (Å²) in [6.45, 7) is 0. The molecule has 0 saturated heterocycles. The Kier molecular flexibility index (Phi) is 3.54. The minimum absolute atomic E-state index is 0.000437. The molecule has 0 aromatic heterocycles. The number of nitrogens with two attached hydrogens (primary N) is 1. The number of amides is 2. The highest BCUT2D eigenvalue weighted by molar-refractivity contribution is 5.73. The van der Waals surface area contributed by atoms with Gasteiger partial charge >= 0.3 is 6.03 Å². The fourth-order valence-corrected chi connectivity index (χ4v) is 1.57. The molecular weight excluding hydrogens is 166 g/mol. The molecule has 1 saturated carbocycles. The van der Waals surface area contributed by atoms with Gasteiger partial charge in [0.05, 0.1) is 0 Å². The van der Waals surface area contributed by atoms with Crippen molar-refractivity contribution >= 4 is 6.03 Å². The van der Waals surface area contributed by atoms with Gasteiger partial charge in [-0.15, -0.1) is 0 Å². The monoisotopic (exact) mass is 185 g/mol. The van der Waals surface area contributed by atoms with Gasteiger partial charge in [0.15, 0.2) is 0 Å². The fourth-order valence-electron chi connectivity index (χ4n) is 1.57. The summed E-state index contributed by atoms with van der Waals surface area (Å²) in [6.07, 6.45) is 4.08. The van der Waals surface area contributed by atoms with Crippen LogP contribution in [-0.4, -0.2) is 37.1 Å². The Balaban J connectivity index is 2.26. The molecule has 13 heavy (non-hydrogen) atoms. The average Bonchev–Trinajstić information content (AvgIpc) is 2.08. The van der Waals surface area contributed by atoms with Gasteiger partial charge in [-0.05, 0) is 25.7 Å². The van der Waals surface area contributed by atoms with Crippen molar-refractivity contribution in [1.82, 2.24) is 10.2 Å². The van der Waals surface area contributed by atoms with Gasteiger partial charge in [0.2, 0.25) is 0 Å². The van der Waals surface area contributed by atoms with Crippen LogP contribution >= 0.6 is 0 Å². The van der Waals surface area contributed by atoms with E-state index in [0.29, 0.717) is 12.1 Å². The molecule has 0 radical (unpaired) electrons. The summed E-state index contributed by atoms with van der Waals surface area (Å²) in [4.78, 5) is 12.8. The average molecular weight is 185 g/mol. The zero-order valence-electron chi connectivity index (χ0n) is 8.42.